The van der Waals surface area contributed by atoms with Crippen molar-refractivity contribution in [2.75, 3.05) is 31.1 Å². The summed E-state index contributed by atoms with van der Waals surface area (Å²) in [5.41, 5.74) is 1.88. The van der Waals surface area contributed by atoms with Gasteiger partial charge in [-0.1, -0.05) is 0 Å². The molecule has 0 aromatic carbocycles. The first-order valence-corrected chi connectivity index (χ1v) is 9.85. The molecule has 4 rings (SSSR count). The third-order valence-electron chi connectivity index (χ3n) is 4.97. The highest BCUT2D eigenvalue weighted by Gasteiger charge is 2.30. The Balaban J connectivity index is 1.43. The predicted molar refractivity (Wildman–Crippen MR) is 99.7 cm³/mol. The zero-order valence-electron chi connectivity index (χ0n) is 14.5. The molecule has 1 atom stereocenters. The van der Waals surface area contributed by atoms with Crippen LogP contribution in [-0.4, -0.2) is 48.1 Å². The van der Waals surface area contributed by atoms with Gasteiger partial charge in [-0.25, -0.2) is 4.98 Å². The normalized spacial score (nSPS) is 20.3. The molecule has 1 amide bonds. The Labute approximate surface area is 152 Å². The number of aromatic nitrogens is 1. The lowest BCUT2D eigenvalue weighted by Gasteiger charge is -2.22. The van der Waals surface area contributed by atoms with Crippen LogP contribution in [0.3, 0.4) is 0 Å². The van der Waals surface area contributed by atoms with Crippen LogP contribution in [0.15, 0.2) is 29.1 Å². The van der Waals surface area contributed by atoms with Crippen LogP contribution in [0.4, 0.5) is 5.82 Å². The second-order valence-electron chi connectivity index (χ2n) is 6.77. The molecular weight excluding hydrogens is 334 g/mol. The number of ether oxygens (including phenoxy) is 1. The summed E-state index contributed by atoms with van der Waals surface area (Å²) in [5, 5.41) is 3.97. The van der Waals surface area contributed by atoms with Crippen molar-refractivity contribution in [1.29, 1.82) is 0 Å². The van der Waals surface area contributed by atoms with Crippen molar-refractivity contribution < 1.29 is 9.53 Å². The van der Waals surface area contributed by atoms with Crippen LogP contribution in [0.1, 0.15) is 35.2 Å². The number of hydrogen-bond acceptors (Lipinski definition) is 5. The van der Waals surface area contributed by atoms with E-state index in [1.54, 1.807) is 11.3 Å². The molecular formula is C19H23N3O2S. The van der Waals surface area contributed by atoms with E-state index < -0.39 is 0 Å². The van der Waals surface area contributed by atoms with Crippen molar-refractivity contribution in [3.8, 4) is 5.75 Å². The maximum Gasteiger partial charge on any atom is 0.255 e. The summed E-state index contributed by atoms with van der Waals surface area (Å²) < 4.78 is 6.25. The van der Waals surface area contributed by atoms with E-state index in [1.165, 1.54) is 12.8 Å². The average Bonchev–Trinajstić information content (AvgIpc) is 3.36. The largest absolute Gasteiger partial charge is 0.485 e. The van der Waals surface area contributed by atoms with E-state index >= 15 is 0 Å². The maximum atomic E-state index is 12.7. The number of pyridine rings is 1. The molecule has 0 saturated carbocycles. The minimum Gasteiger partial charge on any atom is -0.485 e. The van der Waals surface area contributed by atoms with Gasteiger partial charge in [0, 0.05) is 37.6 Å². The van der Waals surface area contributed by atoms with E-state index in [1.807, 2.05) is 40.9 Å². The van der Waals surface area contributed by atoms with Gasteiger partial charge >= 0.3 is 0 Å². The molecule has 2 aromatic rings. The number of nitrogens with zero attached hydrogens (tertiary/aromatic N) is 3. The molecule has 2 aliphatic rings. The van der Waals surface area contributed by atoms with E-state index in [4.69, 9.17) is 4.74 Å². The van der Waals surface area contributed by atoms with Crippen molar-refractivity contribution >= 4 is 23.1 Å². The lowest BCUT2D eigenvalue weighted by atomic mass is 10.2. The molecule has 0 aliphatic carbocycles. The summed E-state index contributed by atoms with van der Waals surface area (Å²) in [6.07, 6.45) is 5.14. The topological polar surface area (TPSA) is 45.7 Å². The Bertz CT molecular complexity index is 755. The zero-order chi connectivity index (χ0) is 17.2. The Hall–Kier alpha value is -2.08. The monoisotopic (exact) mass is 357 g/mol. The first-order valence-electron chi connectivity index (χ1n) is 8.91. The van der Waals surface area contributed by atoms with Gasteiger partial charge in [-0.2, -0.15) is 11.3 Å². The molecule has 0 bridgehead atoms. The van der Waals surface area contributed by atoms with E-state index in [0.717, 1.165) is 48.7 Å². The van der Waals surface area contributed by atoms with Crippen molar-refractivity contribution in [2.24, 2.45) is 0 Å². The van der Waals surface area contributed by atoms with Crippen LogP contribution < -0.4 is 9.64 Å². The highest BCUT2D eigenvalue weighted by atomic mass is 32.1. The summed E-state index contributed by atoms with van der Waals surface area (Å²) in [6, 6.07) is 3.91. The van der Waals surface area contributed by atoms with E-state index in [2.05, 4.69) is 9.88 Å². The number of rotatable bonds is 4. The van der Waals surface area contributed by atoms with Crippen molar-refractivity contribution in [2.45, 2.75) is 32.3 Å². The maximum absolute atomic E-state index is 12.7. The highest BCUT2D eigenvalue weighted by molar-refractivity contribution is 7.08. The molecule has 25 heavy (non-hydrogen) atoms. The van der Waals surface area contributed by atoms with Gasteiger partial charge in [0.05, 0.1) is 12.1 Å². The molecule has 0 N–H and O–H groups in total. The van der Waals surface area contributed by atoms with E-state index in [0.29, 0.717) is 6.54 Å². The van der Waals surface area contributed by atoms with Crippen molar-refractivity contribution in [3.63, 3.8) is 0 Å². The molecule has 2 aliphatic heterocycles. The summed E-state index contributed by atoms with van der Waals surface area (Å²) in [6.45, 7) is 5.46. The van der Waals surface area contributed by atoms with Crippen LogP contribution in [0.5, 0.6) is 5.75 Å². The highest BCUT2D eigenvalue weighted by Crippen LogP contribution is 2.30. The summed E-state index contributed by atoms with van der Waals surface area (Å²) in [5.74, 6) is 1.91. The van der Waals surface area contributed by atoms with Crippen LogP contribution >= 0.6 is 11.3 Å². The van der Waals surface area contributed by atoms with Crippen LogP contribution in [0.2, 0.25) is 0 Å². The summed E-state index contributed by atoms with van der Waals surface area (Å²) >= 11 is 1.58. The fraction of sp³-hybridized carbons (Fsp3) is 0.474. The Morgan fingerprint density at radius 3 is 2.88 bits per heavy atom. The number of carbonyl (C=O) groups excluding carboxylic acids is 1. The fourth-order valence-electron chi connectivity index (χ4n) is 3.58. The van der Waals surface area contributed by atoms with Gasteiger partial charge < -0.3 is 14.5 Å². The van der Waals surface area contributed by atoms with E-state index in [-0.39, 0.29) is 12.0 Å². The molecule has 2 aromatic heterocycles. The number of amides is 1. The van der Waals surface area contributed by atoms with Crippen LogP contribution in [0.25, 0.3) is 0 Å². The van der Waals surface area contributed by atoms with Gasteiger partial charge in [0.2, 0.25) is 0 Å². The van der Waals surface area contributed by atoms with Gasteiger partial charge in [0.25, 0.3) is 5.91 Å². The molecule has 4 heterocycles. The zero-order valence-corrected chi connectivity index (χ0v) is 15.3. The molecule has 0 spiro atoms. The van der Waals surface area contributed by atoms with Gasteiger partial charge in [-0.05, 0) is 42.8 Å². The molecule has 2 saturated heterocycles. The van der Waals surface area contributed by atoms with Crippen LogP contribution in [0, 0.1) is 6.92 Å². The minimum atomic E-state index is 0.0356. The number of anilines is 1. The number of likely N-dealkylation sites (tertiary alicyclic amines) is 1. The lowest BCUT2D eigenvalue weighted by molar-refractivity contribution is 0.0772. The lowest BCUT2D eigenvalue weighted by Crippen LogP contribution is -2.31. The number of hydrogen-bond donors (Lipinski definition) is 0. The first-order chi connectivity index (χ1) is 12.2. The Morgan fingerprint density at radius 1 is 1.28 bits per heavy atom. The summed E-state index contributed by atoms with van der Waals surface area (Å²) in [4.78, 5) is 21.4. The summed E-state index contributed by atoms with van der Waals surface area (Å²) in [7, 11) is 0. The van der Waals surface area contributed by atoms with Crippen molar-refractivity contribution in [1.82, 2.24) is 9.88 Å². The molecule has 1 unspecified atom stereocenters. The van der Waals surface area contributed by atoms with Gasteiger partial charge in [0.1, 0.15) is 6.10 Å². The molecule has 0 radical (unpaired) electrons. The van der Waals surface area contributed by atoms with Crippen LogP contribution in [-0.2, 0) is 0 Å². The van der Waals surface area contributed by atoms with Gasteiger partial charge in [-0.3, -0.25) is 4.79 Å². The number of aryl methyl sites for hydroxylation is 1. The Kier molecular flexibility index (Phi) is 4.61. The molecule has 6 heteroatoms. The second-order valence-corrected chi connectivity index (χ2v) is 7.51. The third kappa shape index (κ3) is 3.35. The predicted octanol–water partition coefficient (Wildman–Crippen LogP) is 3.35. The number of thiophene rings is 1. The second kappa shape index (κ2) is 7.04. The molecule has 2 fully saturated rings. The average molecular weight is 357 g/mol. The smallest absolute Gasteiger partial charge is 0.255 e. The SMILES string of the molecule is Cc1cscc1C(=O)N1CCC(Oc2cccnc2N2CCCC2)C1. The molecule has 5 nitrogen and oxygen atoms in total. The van der Waals surface area contributed by atoms with Gasteiger partial charge in [-0.15, -0.1) is 0 Å². The molecule has 132 valence electrons. The van der Waals surface area contributed by atoms with Crippen molar-refractivity contribution in [3.05, 3.63) is 40.2 Å². The minimum absolute atomic E-state index is 0.0356. The quantitative estimate of drug-likeness (QED) is 0.842. The number of carbonyl (C=O) groups is 1. The van der Waals surface area contributed by atoms with E-state index in [9.17, 15) is 4.79 Å². The first kappa shape index (κ1) is 16.4. The fourth-order valence-corrected chi connectivity index (χ4v) is 4.40. The third-order valence-corrected chi connectivity index (χ3v) is 5.83. The Morgan fingerprint density at radius 2 is 2.12 bits per heavy atom. The standard InChI is InChI=1S/C19H23N3O2S/c1-14-12-25-13-16(14)19(23)22-10-6-15(11-22)24-17-5-4-7-20-18(17)21-8-2-3-9-21/h4-5,7,12-13,15H,2-3,6,8-11H2,1H3. The van der Waals surface area contributed by atoms with Gasteiger partial charge in [0.15, 0.2) is 11.6 Å².